The Labute approximate surface area is 397 Å². The maximum atomic E-state index is 14.8. The third kappa shape index (κ3) is 14.8. The Bertz CT molecular complexity index is 2170. The molecular weight excluding hydrogens is 873 g/mol. The van der Waals surface area contributed by atoms with E-state index in [4.69, 9.17) is 11.5 Å². The number of hydrogen-bond acceptors (Lipinski definition) is 11. The number of aliphatic imine (C=N–C) groups is 1. The number of carbonyl (C=O) groups is 7. The number of rotatable bonds is 16. The number of ketones is 2. The number of guanidine groups is 1. The van der Waals surface area contributed by atoms with Crippen molar-refractivity contribution in [3.63, 3.8) is 0 Å². The highest BCUT2D eigenvalue weighted by atomic mass is 16.4. The summed E-state index contributed by atoms with van der Waals surface area (Å²) < 4.78 is 0. The quantitative estimate of drug-likeness (QED) is 0.0653. The number of nitrogens with one attached hydrogen (secondary N) is 4. The van der Waals surface area contributed by atoms with Crippen LogP contribution >= 0.6 is 0 Å². The molecule has 18 heteroatoms. The monoisotopic (exact) mass is 941 g/mol. The lowest BCUT2D eigenvalue weighted by Crippen LogP contribution is -2.55. The minimum atomic E-state index is -1.17. The van der Waals surface area contributed by atoms with Crippen LogP contribution in [-0.4, -0.2) is 130 Å². The van der Waals surface area contributed by atoms with Crippen LogP contribution in [0, 0.1) is 17.8 Å². The van der Waals surface area contributed by atoms with Crippen LogP contribution < -0.4 is 32.7 Å². The topological polar surface area (TPSA) is 296 Å². The maximum Gasteiger partial charge on any atom is 0.317 e. The molecule has 2 heterocycles. The van der Waals surface area contributed by atoms with Crippen molar-refractivity contribution < 1.29 is 48.9 Å². The molecule has 68 heavy (non-hydrogen) atoms. The van der Waals surface area contributed by atoms with E-state index < -0.39 is 95.9 Å². The van der Waals surface area contributed by atoms with Gasteiger partial charge in [0.2, 0.25) is 23.6 Å². The van der Waals surface area contributed by atoms with E-state index in [1.165, 1.54) is 4.90 Å². The predicted molar refractivity (Wildman–Crippen MR) is 253 cm³/mol. The Morgan fingerprint density at radius 1 is 0.853 bits per heavy atom. The van der Waals surface area contributed by atoms with E-state index in [0.717, 1.165) is 22.3 Å². The van der Waals surface area contributed by atoms with Gasteiger partial charge in [0, 0.05) is 57.2 Å². The normalized spacial score (nSPS) is 26.8. The first-order valence-electron chi connectivity index (χ1n) is 24.1. The van der Waals surface area contributed by atoms with Crippen molar-refractivity contribution in [3.8, 4) is 0 Å². The van der Waals surface area contributed by atoms with Crippen molar-refractivity contribution in [2.24, 2.45) is 34.2 Å². The Kier molecular flexibility index (Phi) is 18.8. The SMILES string of the molecule is NC(N)=NCCC[C@@H]1NC(=O)[C@H](CC2=CCc3ccccc32)NC(=O)[C@@H](CC2CCC(O)CC2)CC(=O)[C@@H]2C[C@@H](O)CN2C(=O)[C@@H](CC(=O)[C@H](Cc2ccccc2)NCC(=O)O)CCCNC1=O. The second-order valence-corrected chi connectivity index (χ2v) is 18.9. The molecule has 0 unspecified atom stereocenters. The van der Waals surface area contributed by atoms with Gasteiger partial charge in [0.05, 0.1) is 30.8 Å². The third-order valence-electron chi connectivity index (χ3n) is 13.7. The highest BCUT2D eigenvalue weighted by Crippen LogP contribution is 2.34. The fourth-order valence-corrected chi connectivity index (χ4v) is 10.1. The lowest BCUT2D eigenvalue weighted by molar-refractivity contribution is -0.144. The molecule has 2 saturated heterocycles. The molecule has 7 atom stereocenters. The molecular formula is C50H68N8O10. The first-order chi connectivity index (χ1) is 32.6. The first kappa shape index (κ1) is 51.4. The lowest BCUT2D eigenvalue weighted by atomic mass is 9.79. The number of hydrogen-bond donors (Lipinski definition) is 9. The van der Waals surface area contributed by atoms with Crippen LogP contribution in [0.5, 0.6) is 0 Å². The van der Waals surface area contributed by atoms with Crippen LogP contribution in [-0.2, 0) is 46.4 Å². The van der Waals surface area contributed by atoms with E-state index in [1.54, 1.807) is 12.1 Å². The number of carbonyl (C=O) groups excluding carboxylic acids is 6. The van der Waals surface area contributed by atoms with Gasteiger partial charge in [-0.2, -0.15) is 0 Å². The number of benzene rings is 2. The summed E-state index contributed by atoms with van der Waals surface area (Å²) >= 11 is 0. The van der Waals surface area contributed by atoms with E-state index in [1.807, 2.05) is 48.5 Å². The Balaban J connectivity index is 1.32. The van der Waals surface area contributed by atoms with Crippen molar-refractivity contribution in [2.75, 3.05) is 26.2 Å². The molecule has 11 N–H and O–H groups in total. The molecule has 0 bridgehead atoms. The predicted octanol–water partition coefficient (Wildman–Crippen LogP) is 1.29. The zero-order valence-corrected chi connectivity index (χ0v) is 38.7. The first-order valence-corrected chi connectivity index (χ1v) is 24.1. The number of nitrogens with two attached hydrogens (primary N) is 2. The van der Waals surface area contributed by atoms with Gasteiger partial charge in [-0.1, -0.05) is 60.7 Å². The number of aliphatic carboxylic acids is 1. The molecule has 2 aromatic rings. The van der Waals surface area contributed by atoms with Gasteiger partial charge in [0.15, 0.2) is 17.5 Å². The summed E-state index contributed by atoms with van der Waals surface area (Å²) in [4.78, 5) is 104. The van der Waals surface area contributed by atoms with Gasteiger partial charge in [-0.15, -0.1) is 0 Å². The fourth-order valence-electron chi connectivity index (χ4n) is 10.1. The van der Waals surface area contributed by atoms with Gasteiger partial charge in [0.1, 0.15) is 12.1 Å². The number of fused-ring (bicyclic) bond motifs is 2. The molecule has 4 aliphatic rings. The number of aliphatic hydroxyl groups is 2. The molecule has 0 radical (unpaired) electrons. The van der Waals surface area contributed by atoms with Gasteiger partial charge >= 0.3 is 5.97 Å². The van der Waals surface area contributed by atoms with E-state index in [2.05, 4.69) is 26.3 Å². The smallest absolute Gasteiger partial charge is 0.317 e. The average molecular weight is 941 g/mol. The molecule has 6 rings (SSSR count). The second-order valence-electron chi connectivity index (χ2n) is 18.9. The van der Waals surface area contributed by atoms with Crippen LogP contribution in [0.2, 0.25) is 0 Å². The molecule has 0 aromatic heterocycles. The number of Topliss-reactive ketones (excluding diaryl/α,β-unsaturated/α-hetero) is 2. The number of carboxylic acid groups (broad SMARTS) is 1. The maximum absolute atomic E-state index is 14.8. The van der Waals surface area contributed by atoms with E-state index in [9.17, 15) is 48.9 Å². The average Bonchev–Trinajstić information content (AvgIpc) is 3.92. The van der Waals surface area contributed by atoms with E-state index in [-0.39, 0.29) is 89.3 Å². The van der Waals surface area contributed by atoms with Crippen molar-refractivity contribution in [2.45, 2.75) is 133 Å². The molecule has 4 amide bonds. The molecule has 0 spiro atoms. The number of nitrogens with zero attached hydrogens (tertiary/aromatic N) is 2. The Morgan fingerprint density at radius 3 is 2.31 bits per heavy atom. The Morgan fingerprint density at radius 2 is 1.57 bits per heavy atom. The van der Waals surface area contributed by atoms with Crippen molar-refractivity contribution >= 4 is 52.7 Å². The number of aliphatic hydroxyl groups excluding tert-OH is 2. The largest absolute Gasteiger partial charge is 0.480 e. The van der Waals surface area contributed by atoms with Crippen molar-refractivity contribution in [1.82, 2.24) is 26.2 Å². The van der Waals surface area contributed by atoms with Crippen LogP contribution in [0.25, 0.3) is 5.57 Å². The fraction of sp³-hybridized carbons (Fsp3) is 0.560. The van der Waals surface area contributed by atoms with Gasteiger partial charge < -0.3 is 47.6 Å². The molecule has 368 valence electrons. The third-order valence-corrected chi connectivity index (χ3v) is 13.7. The number of amides is 4. The summed E-state index contributed by atoms with van der Waals surface area (Å²) in [6.45, 7) is -0.471. The minimum absolute atomic E-state index is 0.0179. The summed E-state index contributed by atoms with van der Waals surface area (Å²) in [5.74, 6) is -6.38. The van der Waals surface area contributed by atoms with Crippen LogP contribution in [0.4, 0.5) is 0 Å². The van der Waals surface area contributed by atoms with Gasteiger partial charge in [-0.3, -0.25) is 43.9 Å². The second kappa shape index (κ2) is 24.9. The Hall–Kier alpha value is -5.98. The molecule has 3 fully saturated rings. The van der Waals surface area contributed by atoms with Gasteiger partial charge in [-0.25, -0.2) is 0 Å². The summed E-state index contributed by atoms with van der Waals surface area (Å²) in [6, 6.07) is 12.5. The van der Waals surface area contributed by atoms with E-state index in [0.29, 0.717) is 38.5 Å². The summed E-state index contributed by atoms with van der Waals surface area (Å²) in [7, 11) is 0. The van der Waals surface area contributed by atoms with Gasteiger partial charge in [0.25, 0.3) is 0 Å². The summed E-state index contributed by atoms with van der Waals surface area (Å²) in [5, 5.41) is 42.4. The highest BCUT2D eigenvalue weighted by Gasteiger charge is 2.43. The molecule has 1 saturated carbocycles. The van der Waals surface area contributed by atoms with Gasteiger partial charge in [-0.05, 0) is 98.8 Å². The van der Waals surface area contributed by atoms with Crippen LogP contribution in [0.3, 0.4) is 0 Å². The van der Waals surface area contributed by atoms with Crippen LogP contribution in [0.1, 0.15) is 100 Å². The molecule has 2 aliphatic heterocycles. The zero-order valence-electron chi connectivity index (χ0n) is 38.7. The number of allylic oxidation sites excluding steroid dienone is 1. The van der Waals surface area contributed by atoms with E-state index >= 15 is 0 Å². The highest BCUT2D eigenvalue weighted by molar-refractivity contribution is 5.97. The molecule has 2 aliphatic carbocycles. The zero-order chi connectivity index (χ0) is 48.7. The minimum Gasteiger partial charge on any atom is -0.480 e. The standard InChI is InChI=1S/C50H68N8O10/c51-50(52)54-21-7-13-39-47(66)53-20-6-11-34(25-43(61)40(55-28-45(63)64)23-30-8-2-1-3-9-30)49(68)58-29-37(60)27-42(58)44(62)26-35(22-31-14-18-36(59)19-15-31)46(65)57-41(48(67)56-39)24-33-17-16-32-10-4-5-12-38(32)33/h1-5,8-10,12,17,31,34-37,39-42,55,59-60H,6-7,11,13-16,18-29H2,(H,53,66)(H,56,67)(H,57,65)(H,63,64)(H4,51,52,54)/t31?,34-,35+,36?,37-,39+,40+,41+,42+/m1/s1. The summed E-state index contributed by atoms with van der Waals surface area (Å²) in [5.41, 5.74) is 14.7. The molecule has 2 aromatic carbocycles. The van der Waals surface area contributed by atoms with Crippen molar-refractivity contribution in [1.29, 1.82) is 0 Å². The lowest BCUT2D eigenvalue weighted by Gasteiger charge is -2.32. The van der Waals surface area contributed by atoms with Crippen LogP contribution in [0.15, 0.2) is 65.7 Å². The molecule has 18 nitrogen and oxygen atoms in total. The summed E-state index contributed by atoms with van der Waals surface area (Å²) in [6.07, 6.45) is 3.98. The number of carboxylic acids is 1. The van der Waals surface area contributed by atoms with Crippen molar-refractivity contribution in [3.05, 3.63) is 77.4 Å².